The van der Waals surface area contributed by atoms with E-state index >= 15 is 0 Å². The standard InChI is InChI=1S/C23H25N3O2S/c1-3-26(4-2)20-12-10-19(11-13-20)24-23(29)25-22(27)16-28-21-14-9-17-7-5-6-8-18(17)15-21/h5-15H,3-4,16H2,1-2H3,(H2,24,25,27,29). The van der Waals surface area contributed by atoms with Gasteiger partial charge in [0.15, 0.2) is 11.7 Å². The highest BCUT2D eigenvalue weighted by atomic mass is 32.1. The molecule has 1 amide bonds. The van der Waals surface area contributed by atoms with Gasteiger partial charge in [-0.15, -0.1) is 0 Å². The van der Waals surface area contributed by atoms with Crippen LogP contribution in [0.2, 0.25) is 0 Å². The molecule has 3 aromatic rings. The van der Waals surface area contributed by atoms with Crippen LogP contribution < -0.4 is 20.3 Å². The number of nitrogens with zero attached hydrogens (tertiary/aromatic N) is 1. The highest BCUT2D eigenvalue weighted by molar-refractivity contribution is 7.80. The second-order valence-electron chi connectivity index (χ2n) is 6.52. The summed E-state index contributed by atoms with van der Waals surface area (Å²) in [5.74, 6) is 0.333. The number of carbonyl (C=O) groups excluding carboxylic acids is 1. The maximum absolute atomic E-state index is 12.1. The fourth-order valence-corrected chi connectivity index (χ4v) is 3.31. The molecule has 5 nitrogen and oxygen atoms in total. The number of carbonyl (C=O) groups is 1. The lowest BCUT2D eigenvalue weighted by molar-refractivity contribution is -0.121. The molecule has 0 aliphatic heterocycles. The molecule has 0 fully saturated rings. The van der Waals surface area contributed by atoms with E-state index in [1.165, 1.54) is 0 Å². The topological polar surface area (TPSA) is 53.6 Å². The Morgan fingerprint density at radius 3 is 2.34 bits per heavy atom. The summed E-state index contributed by atoms with van der Waals surface area (Å²) in [6, 6.07) is 21.7. The Balaban J connectivity index is 1.49. The molecule has 150 valence electrons. The summed E-state index contributed by atoms with van der Waals surface area (Å²) in [5.41, 5.74) is 1.97. The van der Waals surface area contributed by atoms with E-state index in [9.17, 15) is 4.79 Å². The quantitative estimate of drug-likeness (QED) is 0.562. The summed E-state index contributed by atoms with van der Waals surface area (Å²) in [4.78, 5) is 14.4. The molecule has 3 aromatic carbocycles. The smallest absolute Gasteiger partial charge is 0.264 e. The Morgan fingerprint density at radius 1 is 0.966 bits per heavy atom. The first-order chi connectivity index (χ1) is 14.1. The first-order valence-corrected chi connectivity index (χ1v) is 10.1. The van der Waals surface area contributed by atoms with E-state index in [0.29, 0.717) is 5.75 Å². The van der Waals surface area contributed by atoms with Crippen LogP contribution in [0.3, 0.4) is 0 Å². The van der Waals surface area contributed by atoms with Crippen molar-refractivity contribution in [3.05, 3.63) is 66.7 Å². The highest BCUT2D eigenvalue weighted by Crippen LogP contribution is 2.20. The van der Waals surface area contributed by atoms with Gasteiger partial charge in [0.1, 0.15) is 5.75 Å². The molecule has 0 spiro atoms. The Morgan fingerprint density at radius 2 is 1.66 bits per heavy atom. The van der Waals surface area contributed by atoms with E-state index in [0.717, 1.165) is 35.2 Å². The van der Waals surface area contributed by atoms with E-state index in [-0.39, 0.29) is 17.6 Å². The van der Waals surface area contributed by atoms with Crippen LogP contribution in [-0.2, 0) is 4.79 Å². The number of anilines is 2. The van der Waals surface area contributed by atoms with Crippen LogP contribution in [0, 0.1) is 0 Å². The molecule has 0 aliphatic rings. The van der Waals surface area contributed by atoms with Gasteiger partial charge in [-0.2, -0.15) is 0 Å². The number of nitrogens with one attached hydrogen (secondary N) is 2. The lowest BCUT2D eigenvalue weighted by Crippen LogP contribution is -2.37. The monoisotopic (exact) mass is 407 g/mol. The van der Waals surface area contributed by atoms with Crippen molar-refractivity contribution < 1.29 is 9.53 Å². The summed E-state index contributed by atoms with van der Waals surface area (Å²) in [5, 5.41) is 8.10. The summed E-state index contributed by atoms with van der Waals surface area (Å²) < 4.78 is 5.59. The zero-order chi connectivity index (χ0) is 20.6. The Hall–Kier alpha value is -3.12. The number of amides is 1. The van der Waals surface area contributed by atoms with Gasteiger partial charge < -0.3 is 15.0 Å². The summed E-state index contributed by atoms with van der Waals surface area (Å²) in [6.45, 7) is 6.05. The molecule has 0 aromatic heterocycles. The van der Waals surface area contributed by atoms with Gasteiger partial charge in [0.2, 0.25) is 0 Å². The van der Waals surface area contributed by atoms with E-state index in [2.05, 4.69) is 29.4 Å². The molecule has 0 radical (unpaired) electrons. The fourth-order valence-electron chi connectivity index (χ4n) is 3.08. The minimum Gasteiger partial charge on any atom is -0.484 e. The second-order valence-corrected chi connectivity index (χ2v) is 6.93. The van der Waals surface area contributed by atoms with E-state index < -0.39 is 0 Å². The van der Waals surface area contributed by atoms with Crippen molar-refractivity contribution in [3.8, 4) is 5.75 Å². The zero-order valence-corrected chi connectivity index (χ0v) is 17.5. The predicted octanol–water partition coefficient (Wildman–Crippen LogP) is 4.58. The van der Waals surface area contributed by atoms with Crippen LogP contribution >= 0.6 is 12.2 Å². The van der Waals surface area contributed by atoms with Crippen LogP contribution in [-0.4, -0.2) is 30.7 Å². The minimum absolute atomic E-state index is 0.110. The number of hydrogen-bond donors (Lipinski definition) is 2. The fraction of sp³-hybridized carbons (Fsp3) is 0.217. The molecule has 0 aliphatic carbocycles. The van der Waals surface area contributed by atoms with Gasteiger partial charge in [-0.3, -0.25) is 10.1 Å². The first kappa shape index (κ1) is 20.6. The summed E-state index contributed by atoms with van der Waals surface area (Å²) >= 11 is 5.23. The van der Waals surface area contributed by atoms with Crippen molar-refractivity contribution in [1.29, 1.82) is 0 Å². The molecule has 0 heterocycles. The van der Waals surface area contributed by atoms with Crippen molar-refractivity contribution in [1.82, 2.24) is 5.32 Å². The van der Waals surface area contributed by atoms with Crippen LogP contribution in [0.5, 0.6) is 5.75 Å². The third-order valence-corrected chi connectivity index (χ3v) is 4.80. The Labute approximate surface area is 176 Å². The molecule has 0 saturated heterocycles. The van der Waals surface area contributed by atoms with Gasteiger partial charge in [0.25, 0.3) is 5.91 Å². The van der Waals surface area contributed by atoms with E-state index in [4.69, 9.17) is 17.0 Å². The molecule has 0 atom stereocenters. The SMILES string of the molecule is CCN(CC)c1ccc(NC(=S)NC(=O)COc2ccc3ccccc3c2)cc1. The number of hydrogen-bond acceptors (Lipinski definition) is 4. The lowest BCUT2D eigenvalue weighted by atomic mass is 10.1. The van der Waals surface area contributed by atoms with Crippen LogP contribution in [0.4, 0.5) is 11.4 Å². The molecule has 0 unspecified atom stereocenters. The maximum Gasteiger partial charge on any atom is 0.264 e. The van der Waals surface area contributed by atoms with Crippen molar-refractivity contribution in [2.24, 2.45) is 0 Å². The highest BCUT2D eigenvalue weighted by Gasteiger charge is 2.07. The maximum atomic E-state index is 12.1. The molecular formula is C23H25N3O2S. The third-order valence-electron chi connectivity index (χ3n) is 4.60. The predicted molar refractivity (Wildman–Crippen MR) is 124 cm³/mol. The van der Waals surface area contributed by atoms with Gasteiger partial charge in [-0.25, -0.2) is 0 Å². The molecule has 6 heteroatoms. The number of fused-ring (bicyclic) bond motifs is 1. The Kier molecular flexibility index (Phi) is 7.03. The molecule has 29 heavy (non-hydrogen) atoms. The third kappa shape index (κ3) is 5.68. The second kappa shape index (κ2) is 9.89. The van der Waals surface area contributed by atoms with E-state index in [1.807, 2.05) is 66.7 Å². The molecule has 0 bridgehead atoms. The zero-order valence-electron chi connectivity index (χ0n) is 16.6. The summed E-state index contributed by atoms with van der Waals surface area (Å²) in [6.07, 6.45) is 0. The van der Waals surface area contributed by atoms with Crippen molar-refractivity contribution in [2.45, 2.75) is 13.8 Å². The van der Waals surface area contributed by atoms with Gasteiger partial charge in [-0.05, 0) is 73.2 Å². The molecule has 2 N–H and O–H groups in total. The van der Waals surface area contributed by atoms with Crippen LogP contribution in [0.15, 0.2) is 66.7 Å². The van der Waals surface area contributed by atoms with Gasteiger partial charge in [0, 0.05) is 24.5 Å². The summed E-state index contributed by atoms with van der Waals surface area (Å²) in [7, 11) is 0. The van der Waals surface area contributed by atoms with E-state index in [1.54, 1.807) is 0 Å². The first-order valence-electron chi connectivity index (χ1n) is 9.66. The lowest BCUT2D eigenvalue weighted by Gasteiger charge is -2.21. The molecule has 0 saturated carbocycles. The number of benzene rings is 3. The number of rotatable bonds is 7. The van der Waals surface area contributed by atoms with Crippen molar-refractivity contribution in [3.63, 3.8) is 0 Å². The van der Waals surface area contributed by atoms with Crippen LogP contribution in [0.1, 0.15) is 13.8 Å². The largest absolute Gasteiger partial charge is 0.484 e. The number of thiocarbonyl (C=S) groups is 1. The normalized spacial score (nSPS) is 10.4. The molecular weight excluding hydrogens is 382 g/mol. The average Bonchev–Trinajstić information content (AvgIpc) is 2.74. The van der Waals surface area contributed by atoms with Gasteiger partial charge >= 0.3 is 0 Å². The van der Waals surface area contributed by atoms with Crippen molar-refractivity contribution in [2.75, 3.05) is 29.9 Å². The average molecular weight is 408 g/mol. The van der Waals surface area contributed by atoms with Gasteiger partial charge in [-0.1, -0.05) is 30.3 Å². The minimum atomic E-state index is -0.310. The molecule has 3 rings (SSSR count). The van der Waals surface area contributed by atoms with Crippen molar-refractivity contribution >= 4 is 45.4 Å². The number of ether oxygens (including phenoxy) is 1. The van der Waals surface area contributed by atoms with Gasteiger partial charge in [0.05, 0.1) is 0 Å². The Bertz CT molecular complexity index is 985. The van der Waals surface area contributed by atoms with Crippen LogP contribution in [0.25, 0.3) is 10.8 Å².